The summed E-state index contributed by atoms with van der Waals surface area (Å²) >= 11 is 7.86. The minimum atomic E-state index is 0.507. The SMILES string of the molecule is CCCNC(c1ccc(Cl)s1)C1CCC(C)C(C)C1. The predicted molar refractivity (Wildman–Crippen MR) is 86.0 cm³/mol. The van der Waals surface area contributed by atoms with E-state index in [1.54, 1.807) is 11.3 Å². The first kappa shape index (κ1) is 15.3. The molecule has 108 valence electrons. The normalized spacial score (nSPS) is 29.4. The number of hydrogen-bond donors (Lipinski definition) is 1. The maximum atomic E-state index is 6.12. The molecule has 3 heteroatoms. The van der Waals surface area contributed by atoms with Crippen LogP contribution >= 0.6 is 22.9 Å². The van der Waals surface area contributed by atoms with Crippen LogP contribution in [0.15, 0.2) is 12.1 Å². The van der Waals surface area contributed by atoms with Crippen LogP contribution in [0.1, 0.15) is 57.4 Å². The largest absolute Gasteiger partial charge is 0.309 e. The summed E-state index contributed by atoms with van der Waals surface area (Å²) in [5.74, 6) is 2.50. The Morgan fingerprint density at radius 1 is 1.32 bits per heavy atom. The van der Waals surface area contributed by atoms with Crippen molar-refractivity contribution in [1.82, 2.24) is 5.32 Å². The highest BCUT2D eigenvalue weighted by atomic mass is 35.5. The fraction of sp³-hybridized carbons (Fsp3) is 0.750. The molecular formula is C16H26ClNS. The van der Waals surface area contributed by atoms with Gasteiger partial charge in [-0.25, -0.2) is 0 Å². The zero-order chi connectivity index (χ0) is 13.8. The third kappa shape index (κ3) is 3.96. The van der Waals surface area contributed by atoms with Crippen LogP contribution in [0.4, 0.5) is 0 Å². The molecule has 1 aliphatic rings. The second-order valence-electron chi connectivity index (χ2n) is 6.10. The Kier molecular flexibility index (Phi) is 5.73. The van der Waals surface area contributed by atoms with Crippen LogP contribution in [0.3, 0.4) is 0 Å². The van der Waals surface area contributed by atoms with Gasteiger partial charge < -0.3 is 5.32 Å². The highest BCUT2D eigenvalue weighted by molar-refractivity contribution is 7.16. The molecule has 1 saturated carbocycles. The van der Waals surface area contributed by atoms with Gasteiger partial charge in [-0.1, -0.05) is 38.8 Å². The predicted octanol–water partition coefficient (Wildman–Crippen LogP) is 5.51. The molecule has 0 bridgehead atoms. The average Bonchev–Trinajstić information content (AvgIpc) is 2.80. The lowest BCUT2D eigenvalue weighted by Gasteiger charge is -2.37. The molecule has 1 heterocycles. The van der Waals surface area contributed by atoms with Crippen LogP contribution in [0.25, 0.3) is 0 Å². The molecule has 0 aliphatic heterocycles. The van der Waals surface area contributed by atoms with E-state index in [-0.39, 0.29) is 0 Å². The highest BCUT2D eigenvalue weighted by Crippen LogP contribution is 2.41. The van der Waals surface area contributed by atoms with Crippen molar-refractivity contribution in [3.63, 3.8) is 0 Å². The Morgan fingerprint density at radius 3 is 2.68 bits per heavy atom. The lowest BCUT2D eigenvalue weighted by molar-refractivity contribution is 0.172. The molecule has 1 nitrogen and oxygen atoms in total. The standard InChI is InChI=1S/C16H26ClNS/c1-4-9-18-16(14-7-8-15(17)19-14)13-6-5-11(2)12(3)10-13/h7-8,11-13,16,18H,4-6,9-10H2,1-3H3. The Bertz CT molecular complexity index is 390. The van der Waals surface area contributed by atoms with Gasteiger partial charge in [0.1, 0.15) is 0 Å². The van der Waals surface area contributed by atoms with Crippen molar-refractivity contribution >= 4 is 22.9 Å². The molecule has 1 N–H and O–H groups in total. The van der Waals surface area contributed by atoms with E-state index in [9.17, 15) is 0 Å². The molecule has 19 heavy (non-hydrogen) atoms. The minimum absolute atomic E-state index is 0.507. The summed E-state index contributed by atoms with van der Waals surface area (Å²) in [5.41, 5.74) is 0. The van der Waals surface area contributed by atoms with Gasteiger partial charge in [-0.2, -0.15) is 0 Å². The van der Waals surface area contributed by atoms with Crippen LogP contribution in [0.5, 0.6) is 0 Å². The molecule has 1 aromatic heterocycles. The van der Waals surface area contributed by atoms with E-state index in [1.165, 1.54) is 30.6 Å². The van der Waals surface area contributed by atoms with E-state index in [0.717, 1.165) is 28.6 Å². The Labute approximate surface area is 126 Å². The van der Waals surface area contributed by atoms with Crippen LogP contribution in [0.2, 0.25) is 4.34 Å². The molecule has 0 radical (unpaired) electrons. The zero-order valence-electron chi connectivity index (χ0n) is 12.3. The van der Waals surface area contributed by atoms with E-state index >= 15 is 0 Å². The first-order chi connectivity index (χ1) is 9.11. The molecule has 1 aromatic rings. The van der Waals surface area contributed by atoms with Crippen LogP contribution < -0.4 is 5.32 Å². The molecule has 4 unspecified atom stereocenters. The second-order valence-corrected chi connectivity index (χ2v) is 7.85. The average molecular weight is 300 g/mol. The Balaban J connectivity index is 2.09. The van der Waals surface area contributed by atoms with E-state index < -0.39 is 0 Å². The first-order valence-electron chi connectivity index (χ1n) is 7.60. The van der Waals surface area contributed by atoms with Crippen molar-refractivity contribution in [3.05, 3.63) is 21.3 Å². The molecule has 0 aromatic carbocycles. The summed E-state index contributed by atoms with van der Waals surface area (Å²) in [6.45, 7) is 8.14. The monoisotopic (exact) mass is 299 g/mol. The Hall–Kier alpha value is -0.0500. The Morgan fingerprint density at radius 2 is 2.11 bits per heavy atom. The molecule has 0 spiro atoms. The second kappa shape index (κ2) is 7.10. The van der Waals surface area contributed by atoms with Gasteiger partial charge in [0.2, 0.25) is 0 Å². The van der Waals surface area contributed by atoms with E-state index in [0.29, 0.717) is 6.04 Å². The van der Waals surface area contributed by atoms with Crippen molar-refractivity contribution < 1.29 is 0 Å². The van der Waals surface area contributed by atoms with Gasteiger partial charge in [0, 0.05) is 10.9 Å². The van der Waals surface area contributed by atoms with Gasteiger partial charge >= 0.3 is 0 Å². The van der Waals surface area contributed by atoms with Crippen molar-refractivity contribution in [2.24, 2.45) is 17.8 Å². The molecule has 0 saturated heterocycles. The number of thiophene rings is 1. The first-order valence-corrected chi connectivity index (χ1v) is 8.79. The number of nitrogens with one attached hydrogen (secondary N) is 1. The van der Waals surface area contributed by atoms with E-state index in [1.807, 2.05) is 6.07 Å². The maximum Gasteiger partial charge on any atom is 0.0931 e. The molecular weight excluding hydrogens is 274 g/mol. The summed E-state index contributed by atoms with van der Waals surface area (Å²) in [4.78, 5) is 1.42. The van der Waals surface area contributed by atoms with Crippen molar-refractivity contribution in [1.29, 1.82) is 0 Å². The van der Waals surface area contributed by atoms with Crippen molar-refractivity contribution in [3.8, 4) is 0 Å². The fourth-order valence-electron chi connectivity index (χ4n) is 3.19. The summed E-state index contributed by atoms with van der Waals surface area (Å²) in [6, 6.07) is 4.76. The lowest BCUT2D eigenvalue weighted by atomic mass is 9.73. The minimum Gasteiger partial charge on any atom is -0.309 e. The van der Waals surface area contributed by atoms with Gasteiger partial charge in [0.15, 0.2) is 0 Å². The van der Waals surface area contributed by atoms with Crippen molar-refractivity contribution in [2.75, 3.05) is 6.54 Å². The lowest BCUT2D eigenvalue weighted by Crippen LogP contribution is -2.33. The summed E-state index contributed by atoms with van der Waals surface area (Å²) < 4.78 is 0.913. The van der Waals surface area contributed by atoms with Gasteiger partial charge in [0.05, 0.1) is 4.34 Å². The molecule has 4 atom stereocenters. The highest BCUT2D eigenvalue weighted by Gasteiger charge is 2.31. The van der Waals surface area contributed by atoms with Gasteiger partial charge in [-0.05, 0) is 55.7 Å². The smallest absolute Gasteiger partial charge is 0.0931 e. The quantitative estimate of drug-likeness (QED) is 0.755. The van der Waals surface area contributed by atoms with Gasteiger partial charge in [-0.15, -0.1) is 11.3 Å². The molecule has 1 aliphatic carbocycles. The van der Waals surface area contributed by atoms with Crippen LogP contribution in [-0.4, -0.2) is 6.54 Å². The van der Waals surface area contributed by atoms with E-state index in [4.69, 9.17) is 11.6 Å². The molecule has 1 fully saturated rings. The third-order valence-corrected chi connectivity index (χ3v) is 5.94. The molecule has 2 rings (SSSR count). The summed E-state index contributed by atoms with van der Waals surface area (Å²) in [5, 5.41) is 3.76. The van der Waals surface area contributed by atoms with Crippen LogP contribution in [-0.2, 0) is 0 Å². The number of hydrogen-bond acceptors (Lipinski definition) is 2. The topological polar surface area (TPSA) is 12.0 Å². The third-order valence-electron chi connectivity index (χ3n) is 4.62. The summed E-state index contributed by atoms with van der Waals surface area (Å²) in [6.07, 6.45) is 5.25. The number of rotatable bonds is 5. The fourth-order valence-corrected chi connectivity index (χ4v) is 4.42. The molecule has 0 amide bonds. The van der Waals surface area contributed by atoms with Gasteiger partial charge in [-0.3, -0.25) is 0 Å². The van der Waals surface area contributed by atoms with Crippen molar-refractivity contribution in [2.45, 2.75) is 52.5 Å². The zero-order valence-corrected chi connectivity index (χ0v) is 13.9. The number of halogens is 1. The van der Waals surface area contributed by atoms with Gasteiger partial charge in [0.25, 0.3) is 0 Å². The maximum absolute atomic E-state index is 6.12. The summed E-state index contributed by atoms with van der Waals surface area (Å²) in [7, 11) is 0. The van der Waals surface area contributed by atoms with Crippen LogP contribution in [0, 0.1) is 17.8 Å². The van der Waals surface area contributed by atoms with E-state index in [2.05, 4.69) is 32.2 Å².